The molecule has 2 N–H and O–H groups in total. The van der Waals surface area contributed by atoms with Crippen LogP contribution in [0.1, 0.15) is 33.3 Å². The lowest BCUT2D eigenvalue weighted by Crippen LogP contribution is -2.52. The van der Waals surface area contributed by atoms with E-state index in [1.807, 2.05) is 12.1 Å². The summed E-state index contributed by atoms with van der Waals surface area (Å²) in [6.07, 6.45) is 3.47. The van der Waals surface area contributed by atoms with Gasteiger partial charge in [-0.25, -0.2) is 9.59 Å². The standard InChI is InChI=1S/C21H31N3O4/c1-5-27-20(25)11-8-18-6-9-19(10-7-18)23-21(26)22-12-15(2)24-13-16(3)28-17(4)14-24/h6-11,15-17H,5,12-14H2,1-4H3,(H2,22,23,26)/b11-8+/t15-,16-,17+/m1/s1. The number of hydrogen-bond donors (Lipinski definition) is 2. The molecule has 154 valence electrons. The van der Waals surface area contributed by atoms with Gasteiger partial charge in [0.2, 0.25) is 0 Å². The van der Waals surface area contributed by atoms with Crippen molar-refractivity contribution < 1.29 is 19.1 Å². The number of amides is 2. The third-order valence-corrected chi connectivity index (χ3v) is 4.50. The van der Waals surface area contributed by atoms with E-state index in [0.717, 1.165) is 18.7 Å². The van der Waals surface area contributed by atoms with Crippen LogP contribution < -0.4 is 10.6 Å². The molecule has 1 heterocycles. The maximum absolute atomic E-state index is 12.2. The Morgan fingerprint density at radius 3 is 2.50 bits per heavy atom. The van der Waals surface area contributed by atoms with Crippen LogP contribution in [0.25, 0.3) is 6.08 Å². The number of anilines is 1. The van der Waals surface area contributed by atoms with E-state index in [2.05, 4.69) is 36.3 Å². The van der Waals surface area contributed by atoms with Gasteiger partial charge in [0, 0.05) is 37.4 Å². The molecule has 7 nitrogen and oxygen atoms in total. The van der Waals surface area contributed by atoms with Crippen LogP contribution in [0.15, 0.2) is 30.3 Å². The number of rotatable bonds is 7. The Bertz CT molecular complexity index is 665. The molecule has 0 saturated carbocycles. The lowest BCUT2D eigenvalue weighted by atomic mass is 10.2. The molecular weight excluding hydrogens is 358 g/mol. The summed E-state index contributed by atoms with van der Waals surface area (Å²) in [6, 6.07) is 7.22. The number of carbonyl (C=O) groups is 2. The van der Waals surface area contributed by atoms with Crippen molar-refractivity contribution >= 4 is 23.8 Å². The molecule has 0 radical (unpaired) electrons. The number of morpholine rings is 1. The molecule has 2 rings (SSSR count). The Hall–Kier alpha value is -2.38. The summed E-state index contributed by atoms with van der Waals surface area (Å²) in [4.78, 5) is 25.8. The molecule has 1 fully saturated rings. The number of nitrogens with one attached hydrogen (secondary N) is 2. The van der Waals surface area contributed by atoms with Crippen molar-refractivity contribution in [3.63, 3.8) is 0 Å². The first-order chi connectivity index (χ1) is 13.4. The van der Waals surface area contributed by atoms with E-state index >= 15 is 0 Å². The minimum atomic E-state index is -0.373. The highest BCUT2D eigenvalue weighted by Crippen LogP contribution is 2.14. The number of ether oxygens (including phenoxy) is 2. The molecule has 28 heavy (non-hydrogen) atoms. The summed E-state index contributed by atoms with van der Waals surface area (Å²) in [5.41, 5.74) is 1.54. The predicted molar refractivity (Wildman–Crippen MR) is 110 cm³/mol. The average molecular weight is 389 g/mol. The van der Waals surface area contributed by atoms with E-state index < -0.39 is 0 Å². The van der Waals surface area contributed by atoms with E-state index in [9.17, 15) is 9.59 Å². The molecule has 0 unspecified atom stereocenters. The van der Waals surface area contributed by atoms with Crippen LogP contribution in [0.4, 0.5) is 10.5 Å². The van der Waals surface area contributed by atoms with Crippen LogP contribution in [0.2, 0.25) is 0 Å². The molecule has 0 aromatic heterocycles. The molecule has 1 saturated heterocycles. The maximum atomic E-state index is 12.2. The summed E-state index contributed by atoms with van der Waals surface area (Å²) >= 11 is 0. The zero-order valence-corrected chi connectivity index (χ0v) is 17.1. The fourth-order valence-electron chi connectivity index (χ4n) is 3.15. The first kappa shape index (κ1) is 21.9. The molecule has 0 spiro atoms. The quantitative estimate of drug-likeness (QED) is 0.554. The van der Waals surface area contributed by atoms with Crippen LogP contribution in [0.5, 0.6) is 0 Å². The van der Waals surface area contributed by atoms with Crippen molar-refractivity contribution in [2.24, 2.45) is 0 Å². The minimum absolute atomic E-state index is 0.205. The molecule has 2 amide bonds. The minimum Gasteiger partial charge on any atom is -0.463 e. The third-order valence-electron chi connectivity index (χ3n) is 4.50. The van der Waals surface area contributed by atoms with Gasteiger partial charge in [0.15, 0.2) is 0 Å². The van der Waals surface area contributed by atoms with Crippen molar-refractivity contribution in [1.82, 2.24) is 10.2 Å². The Morgan fingerprint density at radius 1 is 1.25 bits per heavy atom. The summed E-state index contributed by atoms with van der Waals surface area (Å²) in [5.74, 6) is -0.373. The Balaban J connectivity index is 1.77. The third kappa shape index (κ3) is 7.32. The summed E-state index contributed by atoms with van der Waals surface area (Å²) < 4.78 is 10.6. The monoisotopic (exact) mass is 389 g/mol. The van der Waals surface area contributed by atoms with Gasteiger partial charge in [-0.3, -0.25) is 4.90 Å². The van der Waals surface area contributed by atoms with Gasteiger partial charge >= 0.3 is 12.0 Å². The normalized spacial score (nSPS) is 21.3. The molecule has 1 aliphatic rings. The van der Waals surface area contributed by atoms with E-state index in [-0.39, 0.29) is 30.3 Å². The fourth-order valence-corrected chi connectivity index (χ4v) is 3.15. The molecule has 7 heteroatoms. The SMILES string of the molecule is CCOC(=O)/C=C/c1ccc(NC(=O)NC[C@@H](C)N2C[C@@H](C)O[C@@H](C)C2)cc1. The molecule has 0 bridgehead atoms. The predicted octanol–water partition coefficient (Wildman–Crippen LogP) is 2.88. The van der Waals surface area contributed by atoms with Crippen molar-refractivity contribution in [3.8, 4) is 0 Å². The Labute approximate surface area is 167 Å². The highest BCUT2D eigenvalue weighted by Gasteiger charge is 2.25. The Kier molecular flexibility index (Phi) is 8.47. The topological polar surface area (TPSA) is 79.9 Å². The van der Waals surface area contributed by atoms with Crippen molar-refractivity contribution in [2.75, 3.05) is 31.6 Å². The number of esters is 1. The van der Waals surface area contributed by atoms with Gasteiger partial charge in [0.25, 0.3) is 0 Å². The lowest BCUT2D eigenvalue weighted by Gasteiger charge is -2.38. The first-order valence-electron chi connectivity index (χ1n) is 9.76. The average Bonchev–Trinajstić information content (AvgIpc) is 2.65. The van der Waals surface area contributed by atoms with Crippen LogP contribution in [0.3, 0.4) is 0 Å². The first-order valence-corrected chi connectivity index (χ1v) is 9.76. The molecular formula is C21H31N3O4. The highest BCUT2D eigenvalue weighted by molar-refractivity contribution is 5.90. The zero-order valence-electron chi connectivity index (χ0n) is 17.1. The van der Waals surface area contributed by atoms with Crippen LogP contribution in [-0.4, -0.2) is 61.4 Å². The van der Waals surface area contributed by atoms with Crippen molar-refractivity contribution in [1.29, 1.82) is 0 Å². The molecule has 3 atom stereocenters. The van der Waals surface area contributed by atoms with Gasteiger partial charge in [0.1, 0.15) is 0 Å². The van der Waals surface area contributed by atoms with E-state index in [4.69, 9.17) is 9.47 Å². The van der Waals surface area contributed by atoms with Crippen molar-refractivity contribution in [2.45, 2.75) is 45.9 Å². The largest absolute Gasteiger partial charge is 0.463 e. The van der Waals surface area contributed by atoms with E-state index in [1.165, 1.54) is 6.08 Å². The van der Waals surface area contributed by atoms with Crippen LogP contribution in [-0.2, 0) is 14.3 Å². The zero-order chi connectivity index (χ0) is 20.5. The number of hydrogen-bond acceptors (Lipinski definition) is 5. The molecule has 1 aromatic carbocycles. The van der Waals surface area contributed by atoms with E-state index in [1.54, 1.807) is 25.1 Å². The molecule has 1 aromatic rings. The second-order valence-corrected chi connectivity index (χ2v) is 7.10. The lowest BCUT2D eigenvalue weighted by molar-refractivity contribution is -0.137. The fraction of sp³-hybridized carbons (Fsp3) is 0.524. The second-order valence-electron chi connectivity index (χ2n) is 7.10. The highest BCUT2D eigenvalue weighted by atomic mass is 16.5. The summed E-state index contributed by atoms with van der Waals surface area (Å²) in [5, 5.41) is 5.74. The van der Waals surface area contributed by atoms with Gasteiger partial charge < -0.3 is 20.1 Å². The summed E-state index contributed by atoms with van der Waals surface area (Å²) in [7, 11) is 0. The van der Waals surface area contributed by atoms with Gasteiger partial charge in [0.05, 0.1) is 18.8 Å². The molecule has 1 aliphatic heterocycles. The number of nitrogens with zero attached hydrogens (tertiary/aromatic N) is 1. The Morgan fingerprint density at radius 2 is 1.89 bits per heavy atom. The van der Waals surface area contributed by atoms with Gasteiger partial charge in [-0.05, 0) is 51.5 Å². The smallest absolute Gasteiger partial charge is 0.330 e. The van der Waals surface area contributed by atoms with Gasteiger partial charge in [-0.2, -0.15) is 0 Å². The number of benzene rings is 1. The molecule has 0 aliphatic carbocycles. The summed E-state index contributed by atoms with van der Waals surface area (Å²) in [6.45, 7) is 10.7. The van der Waals surface area contributed by atoms with Gasteiger partial charge in [-0.15, -0.1) is 0 Å². The number of carbonyl (C=O) groups excluding carboxylic acids is 2. The maximum Gasteiger partial charge on any atom is 0.330 e. The van der Waals surface area contributed by atoms with Crippen LogP contribution in [0, 0.1) is 0 Å². The number of urea groups is 1. The van der Waals surface area contributed by atoms with Gasteiger partial charge in [-0.1, -0.05) is 12.1 Å². The van der Waals surface area contributed by atoms with E-state index in [0.29, 0.717) is 18.8 Å². The second kappa shape index (κ2) is 10.8. The van der Waals surface area contributed by atoms with Crippen molar-refractivity contribution in [3.05, 3.63) is 35.9 Å². The van der Waals surface area contributed by atoms with Crippen LogP contribution >= 0.6 is 0 Å².